The summed E-state index contributed by atoms with van der Waals surface area (Å²) in [4.78, 5) is 21.8. The molecule has 3 nitrogen and oxygen atoms in total. The first-order chi connectivity index (χ1) is 6.45. The standard InChI is InChI=1S/C11H20O3/c1-5-10(6-8(2)3)14-11(13)7-9(4)12/h8,10H,5-7H2,1-4H3. The molecule has 0 aromatic heterocycles. The first-order valence-corrected chi connectivity index (χ1v) is 5.14. The van der Waals surface area contributed by atoms with Gasteiger partial charge in [0.1, 0.15) is 18.3 Å². The van der Waals surface area contributed by atoms with E-state index in [-0.39, 0.29) is 18.3 Å². The molecular weight excluding hydrogens is 180 g/mol. The average Bonchev–Trinajstić information content (AvgIpc) is 2.00. The van der Waals surface area contributed by atoms with Crippen LogP contribution in [0.15, 0.2) is 0 Å². The molecule has 1 unspecified atom stereocenters. The molecule has 0 rings (SSSR count). The lowest BCUT2D eigenvalue weighted by molar-refractivity contribution is -0.151. The quantitative estimate of drug-likeness (QED) is 0.488. The summed E-state index contributed by atoms with van der Waals surface area (Å²) < 4.78 is 5.16. The van der Waals surface area contributed by atoms with E-state index in [0.717, 1.165) is 12.8 Å². The van der Waals surface area contributed by atoms with Crippen molar-refractivity contribution < 1.29 is 14.3 Å². The third kappa shape index (κ3) is 6.63. The summed E-state index contributed by atoms with van der Waals surface area (Å²) in [6.45, 7) is 7.54. The number of Topliss-reactive ketones (excluding diaryl/α,β-unsaturated/α-hetero) is 1. The Morgan fingerprint density at radius 1 is 1.29 bits per heavy atom. The van der Waals surface area contributed by atoms with Crippen LogP contribution >= 0.6 is 0 Å². The second-order valence-electron chi connectivity index (χ2n) is 4.03. The number of ether oxygens (including phenoxy) is 1. The lowest BCUT2D eigenvalue weighted by atomic mass is 10.0. The van der Waals surface area contributed by atoms with Gasteiger partial charge in [-0.2, -0.15) is 0 Å². The smallest absolute Gasteiger partial charge is 0.313 e. The molecule has 0 aromatic rings. The maximum atomic E-state index is 11.2. The predicted molar refractivity (Wildman–Crippen MR) is 54.9 cm³/mol. The number of hydrogen-bond donors (Lipinski definition) is 0. The van der Waals surface area contributed by atoms with E-state index in [1.54, 1.807) is 0 Å². The Hall–Kier alpha value is -0.860. The molecular formula is C11H20O3. The molecule has 0 radical (unpaired) electrons. The van der Waals surface area contributed by atoms with Gasteiger partial charge in [0.25, 0.3) is 0 Å². The van der Waals surface area contributed by atoms with Gasteiger partial charge in [-0.1, -0.05) is 20.8 Å². The zero-order chi connectivity index (χ0) is 11.1. The maximum Gasteiger partial charge on any atom is 0.313 e. The highest BCUT2D eigenvalue weighted by Crippen LogP contribution is 2.12. The molecule has 0 saturated heterocycles. The molecule has 0 spiro atoms. The SMILES string of the molecule is CCC(CC(C)C)OC(=O)CC(C)=O. The van der Waals surface area contributed by atoms with E-state index in [2.05, 4.69) is 13.8 Å². The van der Waals surface area contributed by atoms with Crippen molar-refractivity contribution in [1.82, 2.24) is 0 Å². The fourth-order valence-electron chi connectivity index (χ4n) is 1.25. The van der Waals surface area contributed by atoms with Gasteiger partial charge in [0.15, 0.2) is 0 Å². The van der Waals surface area contributed by atoms with Crippen LogP contribution in [-0.2, 0) is 14.3 Å². The predicted octanol–water partition coefficient (Wildman–Crippen LogP) is 2.33. The van der Waals surface area contributed by atoms with Crippen LogP contribution in [-0.4, -0.2) is 17.9 Å². The number of ketones is 1. The van der Waals surface area contributed by atoms with Gasteiger partial charge in [0.05, 0.1) is 0 Å². The molecule has 0 aromatic carbocycles. The molecule has 0 aliphatic heterocycles. The zero-order valence-corrected chi connectivity index (χ0v) is 9.50. The Bertz CT molecular complexity index is 197. The Morgan fingerprint density at radius 2 is 1.86 bits per heavy atom. The van der Waals surface area contributed by atoms with Crippen LogP contribution in [0.25, 0.3) is 0 Å². The Morgan fingerprint density at radius 3 is 2.21 bits per heavy atom. The maximum absolute atomic E-state index is 11.2. The van der Waals surface area contributed by atoms with Crippen LogP contribution in [0.5, 0.6) is 0 Å². The summed E-state index contributed by atoms with van der Waals surface area (Å²) in [5, 5.41) is 0. The van der Waals surface area contributed by atoms with Gasteiger partial charge in [-0.15, -0.1) is 0 Å². The molecule has 82 valence electrons. The highest BCUT2D eigenvalue weighted by Gasteiger charge is 2.15. The molecule has 1 atom stereocenters. The lowest BCUT2D eigenvalue weighted by Crippen LogP contribution is -2.20. The van der Waals surface area contributed by atoms with Crippen molar-refractivity contribution >= 4 is 11.8 Å². The second-order valence-corrected chi connectivity index (χ2v) is 4.03. The van der Waals surface area contributed by atoms with E-state index < -0.39 is 5.97 Å². The second kappa shape index (κ2) is 6.57. The third-order valence-corrected chi connectivity index (χ3v) is 1.88. The number of carbonyl (C=O) groups is 2. The van der Waals surface area contributed by atoms with E-state index in [1.165, 1.54) is 6.92 Å². The molecule has 14 heavy (non-hydrogen) atoms. The minimum atomic E-state index is -0.398. The van der Waals surface area contributed by atoms with E-state index in [1.807, 2.05) is 6.92 Å². The summed E-state index contributed by atoms with van der Waals surface area (Å²) in [7, 11) is 0. The van der Waals surface area contributed by atoms with Crippen LogP contribution in [0.2, 0.25) is 0 Å². The van der Waals surface area contributed by atoms with Crippen LogP contribution in [0.3, 0.4) is 0 Å². The van der Waals surface area contributed by atoms with Gasteiger partial charge in [-0.05, 0) is 25.7 Å². The van der Waals surface area contributed by atoms with Crippen molar-refractivity contribution in [2.24, 2.45) is 5.92 Å². The summed E-state index contributed by atoms with van der Waals surface area (Å²) >= 11 is 0. The van der Waals surface area contributed by atoms with Crippen molar-refractivity contribution in [1.29, 1.82) is 0 Å². The highest BCUT2D eigenvalue weighted by atomic mass is 16.5. The Balaban J connectivity index is 3.92. The number of esters is 1. The average molecular weight is 200 g/mol. The largest absolute Gasteiger partial charge is 0.462 e. The summed E-state index contributed by atoms with van der Waals surface area (Å²) in [5.74, 6) is -0.0375. The minimum absolute atomic E-state index is 0.0400. The van der Waals surface area contributed by atoms with E-state index in [4.69, 9.17) is 4.74 Å². The van der Waals surface area contributed by atoms with Crippen LogP contribution in [0.1, 0.15) is 47.0 Å². The van der Waals surface area contributed by atoms with E-state index in [9.17, 15) is 9.59 Å². The van der Waals surface area contributed by atoms with Crippen LogP contribution in [0.4, 0.5) is 0 Å². The van der Waals surface area contributed by atoms with Crippen molar-refractivity contribution in [2.75, 3.05) is 0 Å². The Labute approximate surface area is 85.8 Å². The van der Waals surface area contributed by atoms with E-state index >= 15 is 0 Å². The molecule has 0 heterocycles. The molecule has 0 fully saturated rings. The zero-order valence-electron chi connectivity index (χ0n) is 9.50. The van der Waals surface area contributed by atoms with Gasteiger partial charge < -0.3 is 4.74 Å². The van der Waals surface area contributed by atoms with Gasteiger partial charge in [-0.3, -0.25) is 9.59 Å². The minimum Gasteiger partial charge on any atom is -0.462 e. The van der Waals surface area contributed by atoms with Crippen LogP contribution in [0, 0.1) is 5.92 Å². The third-order valence-electron chi connectivity index (χ3n) is 1.88. The fraction of sp³-hybridized carbons (Fsp3) is 0.818. The first-order valence-electron chi connectivity index (χ1n) is 5.14. The fourth-order valence-corrected chi connectivity index (χ4v) is 1.25. The normalized spacial score (nSPS) is 12.6. The van der Waals surface area contributed by atoms with E-state index in [0.29, 0.717) is 5.92 Å². The first kappa shape index (κ1) is 13.1. The Kier molecular flexibility index (Phi) is 6.17. The summed E-state index contributed by atoms with van der Waals surface area (Å²) in [5.41, 5.74) is 0. The van der Waals surface area contributed by atoms with Crippen molar-refractivity contribution in [3.05, 3.63) is 0 Å². The number of hydrogen-bond acceptors (Lipinski definition) is 3. The van der Waals surface area contributed by atoms with Gasteiger partial charge >= 0.3 is 5.97 Å². The van der Waals surface area contributed by atoms with Gasteiger partial charge in [0, 0.05) is 0 Å². The molecule has 3 heteroatoms. The molecule has 0 aliphatic rings. The monoisotopic (exact) mass is 200 g/mol. The lowest BCUT2D eigenvalue weighted by Gasteiger charge is -2.17. The molecule has 0 saturated carbocycles. The number of carbonyl (C=O) groups excluding carboxylic acids is 2. The molecule has 0 aliphatic carbocycles. The molecule has 0 bridgehead atoms. The van der Waals surface area contributed by atoms with Gasteiger partial charge in [0.2, 0.25) is 0 Å². The van der Waals surface area contributed by atoms with Crippen LogP contribution < -0.4 is 0 Å². The van der Waals surface area contributed by atoms with Crippen molar-refractivity contribution in [3.8, 4) is 0 Å². The summed E-state index contributed by atoms with van der Waals surface area (Å²) in [6, 6.07) is 0. The number of rotatable bonds is 6. The van der Waals surface area contributed by atoms with Crippen molar-refractivity contribution in [2.45, 2.75) is 53.1 Å². The molecule has 0 amide bonds. The summed E-state index contributed by atoms with van der Waals surface area (Å²) in [6.07, 6.45) is 1.53. The van der Waals surface area contributed by atoms with Gasteiger partial charge in [-0.25, -0.2) is 0 Å². The highest BCUT2D eigenvalue weighted by molar-refractivity contribution is 5.94. The molecule has 0 N–H and O–H groups in total. The van der Waals surface area contributed by atoms with Crippen molar-refractivity contribution in [3.63, 3.8) is 0 Å². The topological polar surface area (TPSA) is 43.4 Å².